The van der Waals surface area contributed by atoms with Crippen molar-refractivity contribution in [2.75, 3.05) is 39.8 Å². The van der Waals surface area contributed by atoms with Gasteiger partial charge in [-0.25, -0.2) is 4.98 Å². The first-order valence-corrected chi connectivity index (χ1v) is 7.22. The SMILES string of the molecule is COCc1nc(C2CN3CCN2CC3)[nH]c(=O)c1Br. The first-order valence-electron chi connectivity index (χ1n) is 6.43. The molecule has 1 N–H and O–H groups in total. The Labute approximate surface area is 119 Å². The van der Waals surface area contributed by atoms with E-state index in [9.17, 15) is 4.79 Å². The van der Waals surface area contributed by atoms with Crippen LogP contribution in [0, 0.1) is 0 Å². The number of rotatable bonds is 3. The van der Waals surface area contributed by atoms with E-state index in [1.807, 2.05) is 0 Å². The van der Waals surface area contributed by atoms with Crippen molar-refractivity contribution in [1.82, 2.24) is 19.8 Å². The van der Waals surface area contributed by atoms with Crippen LogP contribution in [-0.4, -0.2) is 59.6 Å². The number of H-pyrrole nitrogens is 1. The molecule has 0 saturated carbocycles. The minimum Gasteiger partial charge on any atom is -0.378 e. The molecule has 2 bridgehead atoms. The molecule has 0 aliphatic carbocycles. The van der Waals surface area contributed by atoms with E-state index in [-0.39, 0.29) is 11.6 Å². The molecule has 3 aliphatic rings. The normalized spacial score (nSPS) is 29.7. The highest BCUT2D eigenvalue weighted by Crippen LogP contribution is 2.26. The standard InChI is InChI=1S/C12H17BrN4O2/c1-19-7-8-10(13)12(18)15-11(14-8)9-6-16-2-4-17(9)5-3-16/h9H,2-7H2,1H3,(H,14,15,18). The zero-order valence-electron chi connectivity index (χ0n) is 10.9. The van der Waals surface area contributed by atoms with Gasteiger partial charge >= 0.3 is 0 Å². The fourth-order valence-corrected chi connectivity index (χ4v) is 3.09. The molecule has 3 saturated heterocycles. The molecule has 0 aromatic carbocycles. The lowest BCUT2D eigenvalue weighted by molar-refractivity contribution is 0.00828. The zero-order chi connectivity index (χ0) is 13.4. The second-order valence-corrected chi connectivity index (χ2v) is 5.79. The van der Waals surface area contributed by atoms with E-state index in [2.05, 4.69) is 35.7 Å². The van der Waals surface area contributed by atoms with Crippen LogP contribution >= 0.6 is 15.9 Å². The van der Waals surface area contributed by atoms with Gasteiger partial charge < -0.3 is 9.72 Å². The van der Waals surface area contributed by atoms with Gasteiger partial charge in [-0.15, -0.1) is 0 Å². The second-order valence-electron chi connectivity index (χ2n) is 5.00. The van der Waals surface area contributed by atoms with Gasteiger partial charge in [0.15, 0.2) is 0 Å². The Morgan fingerprint density at radius 3 is 2.74 bits per heavy atom. The summed E-state index contributed by atoms with van der Waals surface area (Å²) in [5.41, 5.74) is 0.536. The van der Waals surface area contributed by atoms with Crippen molar-refractivity contribution < 1.29 is 4.74 Å². The maximum absolute atomic E-state index is 12.0. The molecule has 1 aromatic rings. The molecular formula is C12H17BrN4O2. The van der Waals surface area contributed by atoms with Gasteiger partial charge in [0.2, 0.25) is 0 Å². The largest absolute Gasteiger partial charge is 0.378 e. The van der Waals surface area contributed by atoms with E-state index in [0.717, 1.165) is 38.5 Å². The maximum atomic E-state index is 12.0. The summed E-state index contributed by atoms with van der Waals surface area (Å²) >= 11 is 3.27. The monoisotopic (exact) mass is 328 g/mol. The topological polar surface area (TPSA) is 61.5 Å². The smallest absolute Gasteiger partial charge is 0.265 e. The molecule has 6 nitrogen and oxygen atoms in total. The number of ether oxygens (including phenoxy) is 1. The Balaban J connectivity index is 1.94. The van der Waals surface area contributed by atoms with E-state index in [0.29, 0.717) is 16.8 Å². The molecule has 19 heavy (non-hydrogen) atoms. The molecule has 3 aliphatic heterocycles. The van der Waals surface area contributed by atoms with Crippen LogP contribution in [0.25, 0.3) is 0 Å². The van der Waals surface area contributed by atoms with E-state index in [1.165, 1.54) is 0 Å². The van der Waals surface area contributed by atoms with Crippen LogP contribution in [0.2, 0.25) is 0 Å². The van der Waals surface area contributed by atoms with E-state index in [1.54, 1.807) is 7.11 Å². The Morgan fingerprint density at radius 2 is 2.16 bits per heavy atom. The highest BCUT2D eigenvalue weighted by molar-refractivity contribution is 9.10. The van der Waals surface area contributed by atoms with Crippen LogP contribution in [0.3, 0.4) is 0 Å². The number of methoxy groups -OCH3 is 1. The quantitative estimate of drug-likeness (QED) is 0.867. The van der Waals surface area contributed by atoms with Gasteiger partial charge in [0.05, 0.1) is 18.3 Å². The van der Waals surface area contributed by atoms with E-state index < -0.39 is 0 Å². The Hall–Kier alpha value is -0.760. The Kier molecular flexibility index (Phi) is 3.70. The molecule has 3 fully saturated rings. The molecule has 104 valence electrons. The summed E-state index contributed by atoms with van der Waals surface area (Å²) in [6, 6.07) is 0.193. The number of fused-ring (bicyclic) bond motifs is 3. The van der Waals surface area contributed by atoms with Gasteiger partial charge in [-0.1, -0.05) is 0 Å². The summed E-state index contributed by atoms with van der Waals surface area (Å²) in [7, 11) is 1.60. The predicted molar refractivity (Wildman–Crippen MR) is 74.0 cm³/mol. The van der Waals surface area contributed by atoms with Gasteiger partial charge in [-0.3, -0.25) is 14.6 Å². The number of nitrogens with one attached hydrogen (secondary N) is 1. The molecule has 0 amide bonds. The highest BCUT2D eigenvalue weighted by Gasteiger charge is 2.34. The van der Waals surface area contributed by atoms with Crippen molar-refractivity contribution in [2.45, 2.75) is 12.6 Å². The third kappa shape index (κ3) is 2.47. The number of aromatic amines is 1. The predicted octanol–water partition coefficient (Wildman–Crippen LogP) is 0.351. The second kappa shape index (κ2) is 5.32. The number of hydrogen-bond acceptors (Lipinski definition) is 5. The molecule has 4 heterocycles. The summed E-state index contributed by atoms with van der Waals surface area (Å²) in [5, 5.41) is 0. The average molecular weight is 329 g/mol. The van der Waals surface area contributed by atoms with Gasteiger partial charge in [0.25, 0.3) is 5.56 Å². The first-order chi connectivity index (χ1) is 9.19. The van der Waals surface area contributed by atoms with Crippen molar-refractivity contribution in [2.24, 2.45) is 0 Å². The van der Waals surface area contributed by atoms with Crippen LogP contribution in [0.15, 0.2) is 9.27 Å². The molecule has 1 unspecified atom stereocenters. The Morgan fingerprint density at radius 1 is 1.42 bits per heavy atom. The number of nitrogens with zero attached hydrogens (tertiary/aromatic N) is 3. The van der Waals surface area contributed by atoms with Crippen molar-refractivity contribution in [3.05, 3.63) is 26.3 Å². The molecule has 7 heteroatoms. The summed E-state index contributed by atoms with van der Waals surface area (Å²) in [4.78, 5) is 24.2. The van der Waals surface area contributed by atoms with Crippen molar-refractivity contribution in [1.29, 1.82) is 0 Å². The molecule has 1 atom stereocenters. The van der Waals surface area contributed by atoms with Crippen LogP contribution < -0.4 is 5.56 Å². The van der Waals surface area contributed by atoms with Gasteiger partial charge in [-0.05, 0) is 15.9 Å². The number of aromatic nitrogens is 2. The molecule has 0 radical (unpaired) electrons. The van der Waals surface area contributed by atoms with Crippen LogP contribution in [0.4, 0.5) is 0 Å². The third-order valence-corrected chi connectivity index (χ3v) is 4.64. The van der Waals surface area contributed by atoms with E-state index >= 15 is 0 Å². The summed E-state index contributed by atoms with van der Waals surface area (Å²) < 4.78 is 5.57. The van der Waals surface area contributed by atoms with Crippen LogP contribution in [0.5, 0.6) is 0 Å². The minimum atomic E-state index is -0.130. The zero-order valence-corrected chi connectivity index (χ0v) is 12.4. The maximum Gasteiger partial charge on any atom is 0.265 e. The molecular weight excluding hydrogens is 312 g/mol. The van der Waals surface area contributed by atoms with Gasteiger partial charge in [0.1, 0.15) is 10.3 Å². The van der Waals surface area contributed by atoms with Crippen molar-refractivity contribution in [3.8, 4) is 0 Å². The lowest BCUT2D eigenvalue weighted by atomic mass is 10.1. The highest BCUT2D eigenvalue weighted by atomic mass is 79.9. The summed E-state index contributed by atoms with van der Waals surface area (Å²) in [6.07, 6.45) is 0. The Bertz CT molecular complexity index is 525. The average Bonchev–Trinajstić information content (AvgIpc) is 2.45. The summed E-state index contributed by atoms with van der Waals surface area (Å²) in [6.45, 7) is 5.60. The molecule has 4 rings (SSSR count). The van der Waals surface area contributed by atoms with Crippen molar-refractivity contribution >= 4 is 15.9 Å². The number of hydrogen-bond donors (Lipinski definition) is 1. The fourth-order valence-electron chi connectivity index (χ4n) is 2.79. The molecule has 1 aromatic heterocycles. The number of halogens is 1. The summed E-state index contributed by atoms with van der Waals surface area (Å²) in [5.74, 6) is 0.754. The fraction of sp³-hybridized carbons (Fsp3) is 0.667. The van der Waals surface area contributed by atoms with Gasteiger partial charge in [0, 0.05) is 39.8 Å². The van der Waals surface area contributed by atoms with Crippen LogP contribution in [-0.2, 0) is 11.3 Å². The van der Waals surface area contributed by atoms with Gasteiger partial charge in [-0.2, -0.15) is 0 Å². The lowest BCUT2D eigenvalue weighted by Gasteiger charge is -2.46. The molecule has 0 spiro atoms. The lowest BCUT2D eigenvalue weighted by Crippen LogP contribution is -2.57. The van der Waals surface area contributed by atoms with Crippen LogP contribution in [0.1, 0.15) is 17.6 Å². The third-order valence-electron chi connectivity index (χ3n) is 3.83. The first kappa shape index (κ1) is 13.2. The van der Waals surface area contributed by atoms with Crippen molar-refractivity contribution in [3.63, 3.8) is 0 Å². The number of piperazine rings is 3. The minimum absolute atomic E-state index is 0.130. The van der Waals surface area contributed by atoms with E-state index in [4.69, 9.17) is 4.74 Å².